The molecule has 1 atom stereocenters. The second kappa shape index (κ2) is 6.70. The normalized spacial score (nSPS) is 24.4. The van der Waals surface area contributed by atoms with E-state index in [9.17, 15) is 13.2 Å². The van der Waals surface area contributed by atoms with Crippen molar-refractivity contribution < 1.29 is 13.2 Å². The molecule has 0 saturated carbocycles. The molecular formula is C18H27N3O3S. The minimum Gasteiger partial charge on any atom is -0.341 e. The second-order valence-corrected chi connectivity index (χ2v) is 9.39. The molecule has 138 valence electrons. The smallest absolute Gasteiger partial charge is 0.241 e. The zero-order valence-corrected chi connectivity index (χ0v) is 16.0. The third-order valence-corrected chi connectivity index (χ3v) is 7.02. The van der Waals surface area contributed by atoms with Gasteiger partial charge in [0.1, 0.15) is 0 Å². The van der Waals surface area contributed by atoms with Gasteiger partial charge in [0.25, 0.3) is 0 Å². The number of carbonyl (C=O) groups is 1. The quantitative estimate of drug-likeness (QED) is 0.869. The molecule has 1 aromatic carbocycles. The summed E-state index contributed by atoms with van der Waals surface area (Å²) in [6.45, 7) is 7.18. The first-order valence-corrected chi connectivity index (χ1v) is 10.2. The Hall–Kier alpha value is -1.44. The van der Waals surface area contributed by atoms with Crippen molar-refractivity contribution in [1.82, 2.24) is 14.5 Å². The summed E-state index contributed by atoms with van der Waals surface area (Å²) in [7, 11) is -1.56. The van der Waals surface area contributed by atoms with Gasteiger partial charge in [-0.3, -0.25) is 4.79 Å². The van der Waals surface area contributed by atoms with Gasteiger partial charge in [-0.2, -0.15) is 0 Å². The molecule has 3 rings (SSSR count). The van der Waals surface area contributed by atoms with Crippen LogP contribution in [0.2, 0.25) is 0 Å². The first kappa shape index (κ1) is 18.4. The van der Waals surface area contributed by atoms with Gasteiger partial charge in [-0.1, -0.05) is 6.07 Å². The summed E-state index contributed by atoms with van der Waals surface area (Å²) >= 11 is 0. The lowest BCUT2D eigenvalue weighted by atomic mass is 9.86. The molecule has 0 radical (unpaired) electrons. The predicted octanol–water partition coefficient (Wildman–Crippen LogP) is 1.14. The molecule has 2 aliphatic heterocycles. The van der Waals surface area contributed by atoms with Crippen LogP contribution < -0.4 is 4.72 Å². The van der Waals surface area contributed by atoms with Gasteiger partial charge in [0.2, 0.25) is 15.9 Å². The van der Waals surface area contributed by atoms with Crippen LogP contribution in [0.3, 0.4) is 0 Å². The van der Waals surface area contributed by atoms with Crippen LogP contribution in [0.1, 0.15) is 24.0 Å². The summed E-state index contributed by atoms with van der Waals surface area (Å²) in [5.41, 5.74) is 2.16. The molecule has 2 heterocycles. The molecule has 0 aromatic heterocycles. The molecule has 1 spiro atoms. The molecule has 1 unspecified atom stereocenters. The monoisotopic (exact) mass is 365 g/mol. The molecule has 25 heavy (non-hydrogen) atoms. The number of nitrogens with zero attached hydrogens (tertiary/aromatic N) is 2. The fraction of sp³-hybridized carbons (Fsp3) is 0.611. The summed E-state index contributed by atoms with van der Waals surface area (Å²) in [4.78, 5) is 16.8. The average molecular weight is 365 g/mol. The summed E-state index contributed by atoms with van der Waals surface area (Å²) in [6.07, 6.45) is 2.12. The van der Waals surface area contributed by atoms with Gasteiger partial charge in [-0.15, -0.1) is 0 Å². The lowest BCUT2D eigenvalue weighted by molar-refractivity contribution is -0.129. The van der Waals surface area contributed by atoms with Crippen molar-refractivity contribution in [2.24, 2.45) is 5.41 Å². The molecule has 7 heteroatoms. The summed E-state index contributed by atoms with van der Waals surface area (Å²) in [5, 5.41) is 0. The SMILES string of the molecule is Cc1ccc(S(=O)(=O)NCC(=O)N2CCC3(CCN(C)C3)C2)cc1C. The lowest BCUT2D eigenvalue weighted by Gasteiger charge is -2.23. The molecule has 2 fully saturated rings. The van der Waals surface area contributed by atoms with Gasteiger partial charge in [0.05, 0.1) is 11.4 Å². The molecule has 1 aromatic rings. The topological polar surface area (TPSA) is 69.7 Å². The number of benzene rings is 1. The van der Waals surface area contributed by atoms with Crippen LogP contribution in [0.4, 0.5) is 0 Å². The van der Waals surface area contributed by atoms with Crippen molar-refractivity contribution in [3.63, 3.8) is 0 Å². The van der Waals surface area contributed by atoms with E-state index in [2.05, 4.69) is 16.7 Å². The Morgan fingerprint density at radius 3 is 2.52 bits per heavy atom. The van der Waals surface area contributed by atoms with Gasteiger partial charge in [0, 0.05) is 25.0 Å². The first-order valence-electron chi connectivity index (χ1n) is 8.74. The van der Waals surface area contributed by atoms with E-state index in [0.29, 0.717) is 0 Å². The maximum atomic E-state index is 12.5. The van der Waals surface area contributed by atoms with Crippen molar-refractivity contribution in [3.8, 4) is 0 Å². The molecule has 1 amide bonds. The van der Waals surface area contributed by atoms with E-state index in [0.717, 1.165) is 50.1 Å². The molecular weight excluding hydrogens is 338 g/mol. The number of likely N-dealkylation sites (tertiary alicyclic amines) is 2. The fourth-order valence-electron chi connectivity index (χ4n) is 3.87. The minimum atomic E-state index is -3.67. The number of aryl methyl sites for hydroxylation is 2. The van der Waals surface area contributed by atoms with Crippen LogP contribution in [0.5, 0.6) is 0 Å². The number of hydrogen-bond donors (Lipinski definition) is 1. The maximum Gasteiger partial charge on any atom is 0.241 e. The Kier molecular flexibility index (Phi) is 4.92. The number of amides is 1. The zero-order chi connectivity index (χ0) is 18.2. The van der Waals surface area contributed by atoms with Crippen molar-refractivity contribution in [3.05, 3.63) is 29.3 Å². The van der Waals surface area contributed by atoms with Gasteiger partial charge < -0.3 is 9.80 Å². The highest BCUT2D eigenvalue weighted by Crippen LogP contribution is 2.38. The Labute approximate surface area is 150 Å². The van der Waals surface area contributed by atoms with Crippen LogP contribution >= 0.6 is 0 Å². The van der Waals surface area contributed by atoms with E-state index in [1.165, 1.54) is 0 Å². The maximum absolute atomic E-state index is 12.5. The predicted molar refractivity (Wildman–Crippen MR) is 96.8 cm³/mol. The van der Waals surface area contributed by atoms with E-state index in [1.54, 1.807) is 18.2 Å². The highest BCUT2D eigenvalue weighted by atomic mass is 32.2. The van der Waals surface area contributed by atoms with E-state index in [4.69, 9.17) is 0 Å². The highest BCUT2D eigenvalue weighted by molar-refractivity contribution is 7.89. The molecule has 6 nitrogen and oxygen atoms in total. The van der Waals surface area contributed by atoms with Crippen molar-refractivity contribution in [2.75, 3.05) is 39.8 Å². The summed E-state index contributed by atoms with van der Waals surface area (Å²) < 4.78 is 27.3. The summed E-state index contributed by atoms with van der Waals surface area (Å²) in [5.74, 6) is -0.140. The lowest BCUT2D eigenvalue weighted by Crippen LogP contribution is -2.40. The van der Waals surface area contributed by atoms with Crippen LogP contribution in [0.25, 0.3) is 0 Å². The Morgan fingerprint density at radius 1 is 1.16 bits per heavy atom. The van der Waals surface area contributed by atoms with Crippen molar-refractivity contribution in [1.29, 1.82) is 0 Å². The largest absolute Gasteiger partial charge is 0.341 e. The van der Waals surface area contributed by atoms with Crippen molar-refractivity contribution in [2.45, 2.75) is 31.6 Å². The number of sulfonamides is 1. The van der Waals surface area contributed by atoms with Gasteiger partial charge in [0.15, 0.2) is 0 Å². The van der Waals surface area contributed by atoms with E-state index < -0.39 is 10.0 Å². The van der Waals surface area contributed by atoms with Crippen molar-refractivity contribution >= 4 is 15.9 Å². The van der Waals surface area contributed by atoms with Gasteiger partial charge in [-0.05, 0) is 63.5 Å². The van der Waals surface area contributed by atoms with E-state index in [1.807, 2.05) is 18.7 Å². The number of carbonyl (C=O) groups excluding carboxylic acids is 1. The Balaban J connectivity index is 1.59. The number of nitrogens with one attached hydrogen (secondary N) is 1. The van der Waals surface area contributed by atoms with E-state index in [-0.39, 0.29) is 22.8 Å². The molecule has 2 aliphatic rings. The number of rotatable bonds is 4. The molecule has 2 saturated heterocycles. The average Bonchev–Trinajstić information content (AvgIpc) is 3.14. The van der Waals surface area contributed by atoms with Gasteiger partial charge >= 0.3 is 0 Å². The third-order valence-electron chi connectivity index (χ3n) is 5.62. The summed E-state index contributed by atoms with van der Waals surface area (Å²) in [6, 6.07) is 5.00. The standard InChI is InChI=1S/C18H27N3O3S/c1-14-4-5-16(10-15(14)2)25(23,24)19-11-17(22)21-9-7-18(13-21)6-8-20(3)12-18/h4-5,10,19H,6-9,11-13H2,1-3H3. The Morgan fingerprint density at radius 2 is 1.88 bits per heavy atom. The first-order chi connectivity index (χ1) is 11.7. The van der Waals surface area contributed by atoms with Crippen LogP contribution in [-0.2, 0) is 14.8 Å². The highest BCUT2D eigenvalue weighted by Gasteiger charge is 2.43. The van der Waals surface area contributed by atoms with Crippen LogP contribution in [-0.4, -0.2) is 63.9 Å². The van der Waals surface area contributed by atoms with Gasteiger partial charge in [-0.25, -0.2) is 13.1 Å². The minimum absolute atomic E-state index is 0.140. The molecule has 0 bridgehead atoms. The van der Waals surface area contributed by atoms with Crippen LogP contribution in [0.15, 0.2) is 23.1 Å². The second-order valence-electron chi connectivity index (χ2n) is 7.62. The number of hydrogen-bond acceptors (Lipinski definition) is 4. The third kappa shape index (κ3) is 3.88. The van der Waals surface area contributed by atoms with E-state index >= 15 is 0 Å². The Bertz CT molecular complexity index is 778. The molecule has 1 N–H and O–H groups in total. The zero-order valence-electron chi connectivity index (χ0n) is 15.2. The van der Waals surface area contributed by atoms with Crippen LogP contribution in [0, 0.1) is 19.3 Å². The molecule has 0 aliphatic carbocycles. The fourth-order valence-corrected chi connectivity index (χ4v) is 4.93.